The van der Waals surface area contributed by atoms with E-state index in [1.165, 1.54) is 23.1 Å². The summed E-state index contributed by atoms with van der Waals surface area (Å²) in [6.07, 6.45) is -4.45. The van der Waals surface area contributed by atoms with E-state index < -0.39 is 35.5 Å². The summed E-state index contributed by atoms with van der Waals surface area (Å²) in [7, 11) is 0. The minimum atomic E-state index is -4.45. The van der Waals surface area contributed by atoms with Crippen molar-refractivity contribution in [2.24, 2.45) is 5.73 Å². The zero-order chi connectivity index (χ0) is 23.5. The lowest BCUT2D eigenvalue weighted by Gasteiger charge is -2.24. The Morgan fingerprint density at radius 1 is 1.16 bits per heavy atom. The molecule has 0 fully saturated rings. The van der Waals surface area contributed by atoms with Gasteiger partial charge < -0.3 is 20.7 Å². The van der Waals surface area contributed by atoms with E-state index >= 15 is 0 Å². The standard InChI is InChI=1S/C21H19ClF3N3O4/c22-14-5-6-15-16(9-14)20(31)28(7-8-32-11-17(26)29)18(15)19(30)27-10-12-1-3-13(4-2-12)21(23,24)25/h1-6,9,18H,7-8,10-11H2,(H2,26,29)(H,27,30). The molecule has 0 saturated carbocycles. The number of ether oxygens (including phenoxy) is 1. The number of nitrogens with two attached hydrogens (primary N) is 1. The van der Waals surface area contributed by atoms with Crippen molar-refractivity contribution in [3.63, 3.8) is 0 Å². The number of rotatable bonds is 8. The van der Waals surface area contributed by atoms with Crippen LogP contribution in [0.5, 0.6) is 0 Å². The maximum Gasteiger partial charge on any atom is 0.416 e. The predicted molar refractivity (Wildman–Crippen MR) is 109 cm³/mol. The largest absolute Gasteiger partial charge is 0.416 e. The van der Waals surface area contributed by atoms with Crippen LogP contribution in [0.2, 0.25) is 5.02 Å². The van der Waals surface area contributed by atoms with E-state index in [0.717, 1.165) is 12.1 Å². The number of nitrogens with one attached hydrogen (secondary N) is 1. The zero-order valence-corrected chi connectivity index (χ0v) is 17.4. The van der Waals surface area contributed by atoms with Crippen molar-refractivity contribution < 1.29 is 32.3 Å². The quantitative estimate of drug-likeness (QED) is 0.580. The molecule has 0 saturated heterocycles. The average Bonchev–Trinajstić information content (AvgIpc) is 3.00. The number of hydrogen-bond donors (Lipinski definition) is 2. The van der Waals surface area contributed by atoms with Crippen molar-refractivity contribution in [3.8, 4) is 0 Å². The number of halogens is 4. The number of fused-ring (bicyclic) bond motifs is 1. The molecular weight excluding hydrogens is 451 g/mol. The Morgan fingerprint density at radius 2 is 1.84 bits per heavy atom. The Kier molecular flexibility index (Phi) is 7.05. The van der Waals surface area contributed by atoms with Crippen LogP contribution < -0.4 is 11.1 Å². The average molecular weight is 470 g/mol. The molecule has 7 nitrogen and oxygen atoms in total. The van der Waals surface area contributed by atoms with Crippen LogP contribution in [0, 0.1) is 0 Å². The molecule has 0 radical (unpaired) electrons. The van der Waals surface area contributed by atoms with Gasteiger partial charge in [0.1, 0.15) is 12.6 Å². The molecule has 3 amide bonds. The summed E-state index contributed by atoms with van der Waals surface area (Å²) in [5.74, 6) is -1.62. The normalized spacial score (nSPS) is 15.6. The third-order valence-corrected chi connectivity index (χ3v) is 5.07. The summed E-state index contributed by atoms with van der Waals surface area (Å²) in [5, 5.41) is 2.98. The van der Waals surface area contributed by atoms with Crippen LogP contribution >= 0.6 is 11.6 Å². The number of alkyl halides is 3. The van der Waals surface area contributed by atoms with Gasteiger partial charge >= 0.3 is 6.18 Å². The van der Waals surface area contributed by atoms with Crippen molar-refractivity contribution >= 4 is 29.3 Å². The molecular formula is C21H19ClF3N3O4. The van der Waals surface area contributed by atoms with Gasteiger partial charge in [-0.15, -0.1) is 0 Å². The number of benzene rings is 2. The van der Waals surface area contributed by atoms with Crippen molar-refractivity contribution in [2.75, 3.05) is 19.8 Å². The lowest BCUT2D eigenvalue weighted by Crippen LogP contribution is -2.40. The molecule has 0 bridgehead atoms. The predicted octanol–water partition coefficient (Wildman–Crippen LogP) is 2.67. The summed E-state index contributed by atoms with van der Waals surface area (Å²) in [5.41, 5.74) is 5.40. The molecule has 3 N–H and O–H groups in total. The molecule has 2 aromatic carbocycles. The molecule has 0 aliphatic carbocycles. The zero-order valence-electron chi connectivity index (χ0n) is 16.6. The van der Waals surface area contributed by atoms with Crippen molar-refractivity contribution in [1.82, 2.24) is 10.2 Å². The van der Waals surface area contributed by atoms with Crippen LogP contribution in [0.3, 0.4) is 0 Å². The maximum atomic E-state index is 13.0. The maximum absolute atomic E-state index is 13.0. The summed E-state index contributed by atoms with van der Waals surface area (Å²) in [6.45, 7) is -0.377. The first-order valence-corrected chi connectivity index (χ1v) is 9.86. The van der Waals surface area contributed by atoms with Gasteiger partial charge in [0.2, 0.25) is 11.8 Å². The van der Waals surface area contributed by atoms with E-state index in [-0.39, 0.29) is 31.9 Å². The number of nitrogens with zero attached hydrogens (tertiary/aromatic N) is 1. The van der Waals surface area contributed by atoms with E-state index in [4.69, 9.17) is 22.1 Å². The highest BCUT2D eigenvalue weighted by Crippen LogP contribution is 2.35. The third-order valence-electron chi connectivity index (χ3n) is 4.83. The second-order valence-electron chi connectivity index (χ2n) is 7.06. The van der Waals surface area contributed by atoms with E-state index in [1.54, 1.807) is 12.1 Å². The van der Waals surface area contributed by atoms with Gasteiger partial charge in [0.05, 0.1) is 12.2 Å². The Hall–Kier alpha value is -3.11. The van der Waals surface area contributed by atoms with Crippen molar-refractivity contribution in [1.29, 1.82) is 0 Å². The van der Waals surface area contributed by atoms with Crippen LogP contribution in [0.4, 0.5) is 13.2 Å². The topological polar surface area (TPSA) is 102 Å². The first kappa shape index (κ1) is 23.6. The lowest BCUT2D eigenvalue weighted by atomic mass is 10.0. The molecule has 11 heteroatoms. The molecule has 2 aromatic rings. The monoisotopic (exact) mass is 469 g/mol. The Labute approximate surface area is 186 Å². The van der Waals surface area contributed by atoms with Crippen LogP contribution in [-0.2, 0) is 27.0 Å². The van der Waals surface area contributed by atoms with Crippen LogP contribution in [0.25, 0.3) is 0 Å². The van der Waals surface area contributed by atoms with E-state index in [0.29, 0.717) is 16.1 Å². The number of carbonyl (C=O) groups is 3. The number of carbonyl (C=O) groups excluding carboxylic acids is 3. The summed E-state index contributed by atoms with van der Waals surface area (Å²) >= 11 is 5.98. The highest BCUT2D eigenvalue weighted by atomic mass is 35.5. The summed E-state index contributed by atoms with van der Waals surface area (Å²) in [4.78, 5) is 37.9. The van der Waals surface area contributed by atoms with Gasteiger partial charge in [-0.2, -0.15) is 13.2 Å². The van der Waals surface area contributed by atoms with E-state index in [9.17, 15) is 27.6 Å². The minimum Gasteiger partial charge on any atom is -0.370 e. The van der Waals surface area contributed by atoms with Gasteiger partial charge in [0, 0.05) is 23.7 Å². The van der Waals surface area contributed by atoms with Gasteiger partial charge in [0.15, 0.2) is 0 Å². The molecule has 3 rings (SSSR count). The molecule has 1 aliphatic rings. The molecule has 1 unspecified atom stereocenters. The first-order chi connectivity index (χ1) is 15.1. The first-order valence-electron chi connectivity index (χ1n) is 9.48. The third kappa shape index (κ3) is 5.38. The molecule has 1 aliphatic heterocycles. The summed E-state index contributed by atoms with van der Waals surface area (Å²) < 4.78 is 43.2. The fourth-order valence-electron chi connectivity index (χ4n) is 3.34. The van der Waals surface area contributed by atoms with Crippen LogP contribution in [0.1, 0.15) is 33.1 Å². The highest BCUT2D eigenvalue weighted by molar-refractivity contribution is 6.31. The Balaban J connectivity index is 1.73. The van der Waals surface area contributed by atoms with E-state index in [2.05, 4.69) is 5.32 Å². The summed E-state index contributed by atoms with van der Waals surface area (Å²) in [6, 6.07) is 8.00. The van der Waals surface area contributed by atoms with Gasteiger partial charge in [-0.05, 0) is 35.4 Å². The molecule has 1 atom stereocenters. The van der Waals surface area contributed by atoms with Crippen LogP contribution in [-0.4, -0.2) is 42.4 Å². The van der Waals surface area contributed by atoms with Gasteiger partial charge in [0.25, 0.3) is 5.91 Å². The van der Waals surface area contributed by atoms with Gasteiger partial charge in [-0.3, -0.25) is 14.4 Å². The molecule has 0 aromatic heterocycles. The highest BCUT2D eigenvalue weighted by Gasteiger charge is 2.41. The smallest absolute Gasteiger partial charge is 0.370 e. The molecule has 0 spiro atoms. The molecule has 32 heavy (non-hydrogen) atoms. The minimum absolute atomic E-state index is 0.0107. The Bertz CT molecular complexity index is 1030. The second kappa shape index (κ2) is 9.58. The van der Waals surface area contributed by atoms with Gasteiger partial charge in [-0.1, -0.05) is 29.8 Å². The number of amides is 3. The number of primary amides is 1. The Morgan fingerprint density at radius 3 is 2.47 bits per heavy atom. The van der Waals surface area contributed by atoms with Crippen molar-refractivity contribution in [2.45, 2.75) is 18.8 Å². The SMILES string of the molecule is NC(=O)COCCN1C(=O)c2cc(Cl)ccc2C1C(=O)NCc1ccc(C(F)(F)F)cc1. The second-order valence-corrected chi connectivity index (χ2v) is 7.50. The van der Waals surface area contributed by atoms with Crippen molar-refractivity contribution in [3.05, 3.63) is 69.7 Å². The fraction of sp³-hybridized carbons (Fsp3) is 0.286. The molecule has 170 valence electrons. The lowest BCUT2D eigenvalue weighted by molar-refractivity contribution is -0.137. The van der Waals surface area contributed by atoms with Crippen LogP contribution in [0.15, 0.2) is 42.5 Å². The molecule has 1 heterocycles. The van der Waals surface area contributed by atoms with E-state index in [1.807, 2.05) is 0 Å². The van der Waals surface area contributed by atoms with Gasteiger partial charge in [-0.25, -0.2) is 0 Å². The fourth-order valence-corrected chi connectivity index (χ4v) is 3.51. The number of hydrogen-bond acceptors (Lipinski definition) is 4.